The smallest absolute Gasteiger partial charge is 0.290 e. The molecule has 0 aliphatic carbocycles. The van der Waals surface area contributed by atoms with Crippen LogP contribution in [0.25, 0.3) is 0 Å². The van der Waals surface area contributed by atoms with Crippen LogP contribution in [0.5, 0.6) is 0 Å². The van der Waals surface area contributed by atoms with Crippen LogP contribution in [-0.4, -0.2) is 10.1 Å². The van der Waals surface area contributed by atoms with E-state index in [1.54, 1.807) is 30.3 Å². The predicted molar refractivity (Wildman–Crippen MR) is 55.7 cm³/mol. The van der Waals surface area contributed by atoms with E-state index in [0.29, 0.717) is 5.56 Å². The molecule has 1 unspecified atom stereocenters. The van der Waals surface area contributed by atoms with Gasteiger partial charge >= 0.3 is 0 Å². The van der Waals surface area contributed by atoms with Crippen molar-refractivity contribution < 1.29 is 4.92 Å². The lowest BCUT2D eigenvalue weighted by Crippen LogP contribution is -2.13. The Hall–Kier alpha value is -1.56. The standard InChI is InChI=1S/C8H9N3O2S/c9-8(10)14-7(11(12)13)6-4-2-1-3-5-6/h1-5,7H,(H3,9,10). The van der Waals surface area contributed by atoms with Crippen molar-refractivity contribution >= 4 is 16.9 Å². The molecule has 0 radical (unpaired) electrons. The van der Waals surface area contributed by atoms with Gasteiger partial charge in [0.05, 0.1) is 0 Å². The van der Waals surface area contributed by atoms with Crippen LogP contribution in [0.4, 0.5) is 0 Å². The van der Waals surface area contributed by atoms with Crippen molar-refractivity contribution in [2.75, 3.05) is 0 Å². The number of hydrogen-bond acceptors (Lipinski definition) is 4. The van der Waals surface area contributed by atoms with Crippen LogP contribution in [0.15, 0.2) is 30.3 Å². The molecule has 0 aliphatic rings. The fourth-order valence-electron chi connectivity index (χ4n) is 0.971. The molecule has 3 N–H and O–H groups in total. The molecule has 0 fully saturated rings. The van der Waals surface area contributed by atoms with Gasteiger partial charge in [-0.2, -0.15) is 0 Å². The van der Waals surface area contributed by atoms with Crippen molar-refractivity contribution in [1.82, 2.24) is 0 Å². The van der Waals surface area contributed by atoms with E-state index in [9.17, 15) is 10.1 Å². The third kappa shape index (κ3) is 2.74. The predicted octanol–water partition coefficient (Wildman–Crippen LogP) is 1.59. The van der Waals surface area contributed by atoms with Gasteiger partial charge in [-0.15, -0.1) is 0 Å². The van der Waals surface area contributed by atoms with E-state index in [1.807, 2.05) is 0 Å². The Kier molecular flexibility index (Phi) is 3.47. The minimum absolute atomic E-state index is 0.254. The van der Waals surface area contributed by atoms with Gasteiger partial charge in [-0.25, -0.2) is 0 Å². The zero-order valence-electron chi connectivity index (χ0n) is 7.21. The molecule has 1 aromatic carbocycles. The number of thioether (sulfide) groups is 1. The van der Waals surface area contributed by atoms with Gasteiger partial charge < -0.3 is 5.73 Å². The number of benzene rings is 1. The first-order valence-electron chi connectivity index (χ1n) is 3.80. The monoisotopic (exact) mass is 211 g/mol. The SMILES string of the molecule is N=C(N)SC(c1ccccc1)[N+](=O)[O-]. The molecule has 1 aromatic rings. The minimum Gasteiger partial charge on any atom is -0.379 e. The summed E-state index contributed by atoms with van der Waals surface area (Å²) in [5.41, 5.74) is 5.65. The maximum Gasteiger partial charge on any atom is 0.290 e. The van der Waals surface area contributed by atoms with E-state index in [-0.39, 0.29) is 5.17 Å². The van der Waals surface area contributed by atoms with Crippen LogP contribution in [0.1, 0.15) is 10.9 Å². The Morgan fingerprint density at radius 2 is 2.07 bits per heavy atom. The summed E-state index contributed by atoms with van der Waals surface area (Å²) in [7, 11) is 0. The van der Waals surface area contributed by atoms with Gasteiger partial charge in [-0.1, -0.05) is 30.3 Å². The molecule has 0 saturated carbocycles. The Labute approximate surface area is 85.0 Å². The average Bonchev–Trinajstić information content (AvgIpc) is 2.15. The zero-order valence-corrected chi connectivity index (χ0v) is 8.03. The number of hydrogen-bond donors (Lipinski definition) is 2. The highest BCUT2D eigenvalue weighted by Crippen LogP contribution is 2.28. The summed E-state index contributed by atoms with van der Waals surface area (Å²) in [6.07, 6.45) is 0. The van der Waals surface area contributed by atoms with Crippen LogP contribution >= 0.6 is 11.8 Å². The molecule has 6 heteroatoms. The second-order valence-corrected chi connectivity index (χ2v) is 3.65. The summed E-state index contributed by atoms with van der Waals surface area (Å²) in [5, 5.41) is 16.4. The van der Waals surface area contributed by atoms with Gasteiger partial charge in [0, 0.05) is 10.5 Å². The summed E-state index contributed by atoms with van der Waals surface area (Å²) < 4.78 is 0. The molecular weight excluding hydrogens is 202 g/mol. The van der Waals surface area contributed by atoms with Crippen LogP contribution in [0.3, 0.4) is 0 Å². The molecule has 0 aliphatic heterocycles. The lowest BCUT2D eigenvalue weighted by atomic mass is 10.2. The average molecular weight is 211 g/mol. The number of nitrogens with zero attached hydrogens (tertiary/aromatic N) is 1. The second-order valence-electron chi connectivity index (χ2n) is 2.53. The van der Waals surface area contributed by atoms with E-state index in [4.69, 9.17) is 11.1 Å². The highest BCUT2D eigenvalue weighted by atomic mass is 32.2. The Balaban J connectivity index is 2.89. The van der Waals surface area contributed by atoms with Crippen molar-refractivity contribution in [3.63, 3.8) is 0 Å². The van der Waals surface area contributed by atoms with E-state index in [2.05, 4.69) is 0 Å². The van der Waals surface area contributed by atoms with Gasteiger partial charge in [0.1, 0.15) is 0 Å². The van der Waals surface area contributed by atoms with Gasteiger partial charge in [0.2, 0.25) is 0 Å². The van der Waals surface area contributed by atoms with Gasteiger partial charge in [-0.05, 0) is 11.8 Å². The van der Waals surface area contributed by atoms with Crippen LogP contribution in [-0.2, 0) is 0 Å². The summed E-state index contributed by atoms with van der Waals surface area (Å²) >= 11 is 0.723. The van der Waals surface area contributed by atoms with E-state index < -0.39 is 10.3 Å². The van der Waals surface area contributed by atoms with Crippen molar-refractivity contribution in [2.45, 2.75) is 5.37 Å². The quantitative estimate of drug-likeness (QED) is 0.261. The van der Waals surface area contributed by atoms with E-state index in [0.717, 1.165) is 11.8 Å². The van der Waals surface area contributed by atoms with Gasteiger partial charge in [0.15, 0.2) is 5.17 Å². The molecule has 0 spiro atoms. The lowest BCUT2D eigenvalue weighted by Gasteiger charge is -2.07. The minimum atomic E-state index is -0.992. The molecule has 14 heavy (non-hydrogen) atoms. The van der Waals surface area contributed by atoms with Crippen molar-refractivity contribution in [2.24, 2.45) is 5.73 Å². The summed E-state index contributed by atoms with van der Waals surface area (Å²) in [6, 6.07) is 8.49. The number of nitrogens with two attached hydrogens (primary N) is 1. The van der Waals surface area contributed by atoms with Crippen molar-refractivity contribution in [3.05, 3.63) is 46.0 Å². The van der Waals surface area contributed by atoms with Crippen LogP contribution < -0.4 is 5.73 Å². The highest BCUT2D eigenvalue weighted by molar-refractivity contribution is 8.13. The molecule has 0 amide bonds. The first kappa shape index (κ1) is 10.5. The Morgan fingerprint density at radius 1 is 1.50 bits per heavy atom. The fourth-order valence-corrected chi connectivity index (χ4v) is 1.59. The molecule has 0 heterocycles. The molecule has 0 aromatic heterocycles. The first-order valence-corrected chi connectivity index (χ1v) is 4.68. The lowest BCUT2D eigenvalue weighted by molar-refractivity contribution is -0.500. The number of nitrogens with one attached hydrogen (secondary N) is 1. The van der Waals surface area contributed by atoms with E-state index >= 15 is 0 Å². The topological polar surface area (TPSA) is 93.0 Å². The van der Waals surface area contributed by atoms with Crippen LogP contribution in [0, 0.1) is 15.5 Å². The summed E-state index contributed by atoms with van der Waals surface area (Å²) in [6.45, 7) is 0. The first-order chi connectivity index (χ1) is 6.61. The van der Waals surface area contributed by atoms with Gasteiger partial charge in [0.25, 0.3) is 5.37 Å². The summed E-state index contributed by atoms with van der Waals surface area (Å²) in [5.74, 6) is 0. The molecule has 5 nitrogen and oxygen atoms in total. The zero-order chi connectivity index (χ0) is 10.6. The Morgan fingerprint density at radius 3 is 2.50 bits per heavy atom. The normalized spacial score (nSPS) is 12.0. The molecule has 0 saturated heterocycles. The molecule has 74 valence electrons. The molecule has 1 rings (SSSR count). The highest BCUT2D eigenvalue weighted by Gasteiger charge is 2.24. The van der Waals surface area contributed by atoms with Crippen molar-refractivity contribution in [1.29, 1.82) is 5.41 Å². The number of rotatable bonds is 3. The number of nitro groups is 1. The third-order valence-electron chi connectivity index (χ3n) is 1.51. The second kappa shape index (κ2) is 4.61. The van der Waals surface area contributed by atoms with Crippen LogP contribution in [0.2, 0.25) is 0 Å². The molecule has 1 atom stereocenters. The largest absolute Gasteiger partial charge is 0.379 e. The number of amidine groups is 1. The van der Waals surface area contributed by atoms with E-state index in [1.165, 1.54) is 0 Å². The molecular formula is C8H9N3O2S. The fraction of sp³-hybridized carbons (Fsp3) is 0.125. The maximum absolute atomic E-state index is 10.7. The van der Waals surface area contributed by atoms with Gasteiger partial charge in [-0.3, -0.25) is 15.5 Å². The molecule has 0 bridgehead atoms. The van der Waals surface area contributed by atoms with Crippen molar-refractivity contribution in [3.8, 4) is 0 Å². The maximum atomic E-state index is 10.7. The Bertz CT molecular complexity index is 342. The third-order valence-corrected chi connectivity index (χ3v) is 2.44. The summed E-state index contributed by atoms with van der Waals surface area (Å²) in [4.78, 5) is 10.2.